The van der Waals surface area contributed by atoms with Crippen LogP contribution in [-0.4, -0.2) is 69.4 Å². The van der Waals surface area contributed by atoms with Crippen LogP contribution in [0.15, 0.2) is 12.2 Å². The molecule has 3 aliphatic rings. The van der Waals surface area contributed by atoms with Gasteiger partial charge in [0, 0.05) is 24.8 Å². The summed E-state index contributed by atoms with van der Waals surface area (Å²) in [4.78, 5) is 46.9. The van der Waals surface area contributed by atoms with Gasteiger partial charge in [-0.25, -0.2) is 0 Å². The molecule has 0 spiro atoms. The van der Waals surface area contributed by atoms with E-state index in [1.165, 1.54) is 20.8 Å². The van der Waals surface area contributed by atoms with Crippen LogP contribution in [-0.2, 0) is 47.7 Å². The van der Waals surface area contributed by atoms with Gasteiger partial charge in [0.15, 0.2) is 0 Å². The van der Waals surface area contributed by atoms with Crippen molar-refractivity contribution in [2.45, 2.75) is 51.1 Å². The average Bonchev–Trinajstić information content (AvgIpc) is 3.18. The number of rotatable bonds is 8. The van der Waals surface area contributed by atoms with Crippen LogP contribution < -0.4 is 5.32 Å². The fourth-order valence-electron chi connectivity index (χ4n) is 4.86. The van der Waals surface area contributed by atoms with Gasteiger partial charge in [-0.2, -0.15) is 8.42 Å². The van der Waals surface area contributed by atoms with Crippen molar-refractivity contribution in [3.8, 4) is 0 Å². The predicted molar refractivity (Wildman–Crippen MR) is 103 cm³/mol. The van der Waals surface area contributed by atoms with E-state index in [-0.39, 0.29) is 31.6 Å². The molecule has 11 nitrogen and oxygen atoms in total. The van der Waals surface area contributed by atoms with E-state index in [0.717, 1.165) is 0 Å². The van der Waals surface area contributed by atoms with E-state index in [9.17, 15) is 27.6 Å². The third kappa shape index (κ3) is 4.05. The summed E-state index contributed by atoms with van der Waals surface area (Å²) < 4.78 is 46.5. The summed E-state index contributed by atoms with van der Waals surface area (Å²) in [6.45, 7) is 6.46. The topological polar surface area (TPSA) is 151 Å². The summed E-state index contributed by atoms with van der Waals surface area (Å²) in [5.41, 5.74) is -1.96. The molecule has 1 amide bonds. The van der Waals surface area contributed by atoms with Crippen LogP contribution in [0.4, 0.5) is 0 Å². The molecule has 5 unspecified atom stereocenters. The highest BCUT2D eigenvalue weighted by Crippen LogP contribution is 2.69. The Morgan fingerprint density at radius 2 is 1.71 bits per heavy atom. The monoisotopic (exact) mass is 459 g/mol. The first kappa shape index (κ1) is 23.2. The Labute approximate surface area is 179 Å². The summed E-state index contributed by atoms with van der Waals surface area (Å²) in [5, 5.41) is 1.36. The van der Waals surface area contributed by atoms with Crippen molar-refractivity contribution in [1.29, 1.82) is 0 Å². The molecule has 172 valence electrons. The molecule has 31 heavy (non-hydrogen) atoms. The molecule has 2 saturated carbocycles. The second-order valence-corrected chi connectivity index (χ2v) is 10.2. The maximum absolute atomic E-state index is 12.7. The van der Waals surface area contributed by atoms with Crippen LogP contribution in [0, 0.1) is 10.8 Å². The molecule has 1 aliphatic heterocycles. The number of hydrogen-bond donors (Lipinski definition) is 1. The number of fused-ring (bicyclic) bond motifs is 1. The highest BCUT2D eigenvalue weighted by molar-refractivity contribution is 7.87. The van der Waals surface area contributed by atoms with Crippen molar-refractivity contribution in [1.82, 2.24) is 5.32 Å². The largest absolute Gasteiger partial charge is 0.465 e. The molecule has 0 aromatic rings. The Hall–Kier alpha value is -2.47. The van der Waals surface area contributed by atoms with E-state index < -0.39 is 68.8 Å². The zero-order valence-electron chi connectivity index (χ0n) is 17.5. The summed E-state index contributed by atoms with van der Waals surface area (Å²) >= 11 is 0. The summed E-state index contributed by atoms with van der Waals surface area (Å²) in [6.07, 6.45) is -2.01. The first-order valence-electron chi connectivity index (χ1n) is 9.65. The van der Waals surface area contributed by atoms with E-state index in [1.807, 2.05) is 0 Å². The molecular formula is C19H25NO10S. The Balaban J connectivity index is 1.88. The smallest absolute Gasteiger partial charge is 0.325 e. The summed E-state index contributed by atoms with van der Waals surface area (Å²) in [5.74, 6) is -2.52. The molecule has 1 N–H and O–H groups in total. The number of carbonyl (C=O) groups is 4. The lowest BCUT2D eigenvalue weighted by molar-refractivity contribution is -0.169. The molecule has 2 bridgehead atoms. The Morgan fingerprint density at radius 3 is 2.29 bits per heavy atom. The number of amides is 1. The van der Waals surface area contributed by atoms with Gasteiger partial charge < -0.3 is 19.5 Å². The number of hydrogen-bond acceptors (Lipinski definition) is 10. The lowest BCUT2D eigenvalue weighted by Gasteiger charge is -2.37. The molecule has 2 aliphatic carbocycles. The Kier molecular flexibility index (Phi) is 5.91. The number of nitrogens with one attached hydrogen (secondary N) is 1. The van der Waals surface area contributed by atoms with Crippen LogP contribution in [0.5, 0.6) is 0 Å². The van der Waals surface area contributed by atoms with Crippen molar-refractivity contribution < 1.29 is 46.0 Å². The van der Waals surface area contributed by atoms with Crippen LogP contribution >= 0.6 is 0 Å². The van der Waals surface area contributed by atoms with Gasteiger partial charge >= 0.3 is 17.9 Å². The highest BCUT2D eigenvalue weighted by atomic mass is 32.2. The minimum absolute atomic E-state index is 0.0104. The number of esters is 3. The van der Waals surface area contributed by atoms with Gasteiger partial charge in [0.25, 0.3) is 10.1 Å². The Bertz CT molecular complexity index is 943. The fourth-order valence-corrected chi connectivity index (χ4v) is 6.97. The van der Waals surface area contributed by atoms with Crippen molar-refractivity contribution in [3.05, 3.63) is 12.2 Å². The highest BCUT2D eigenvalue weighted by Gasteiger charge is 2.80. The standard InChI is InChI=1S/C19H25NO10S/c1-10(2)17(24)20-6-14(23)29-15-16-19(9-28-12(4)22)7-18(15,8-27-11(3)21)5-13(19)31(25,26)30-16/h13,15-16H,1,5-9H2,2-4H3,(H,20,24). The van der Waals surface area contributed by atoms with E-state index in [4.69, 9.17) is 18.4 Å². The molecule has 0 aromatic carbocycles. The molecule has 5 atom stereocenters. The third-order valence-electron chi connectivity index (χ3n) is 6.09. The molecule has 3 rings (SSSR count). The van der Waals surface area contributed by atoms with E-state index in [0.29, 0.717) is 0 Å². The quantitative estimate of drug-likeness (QED) is 0.220. The molecular weight excluding hydrogens is 434 g/mol. The molecule has 3 fully saturated rings. The van der Waals surface area contributed by atoms with Gasteiger partial charge in [0.2, 0.25) is 5.91 Å². The van der Waals surface area contributed by atoms with Crippen LogP contribution in [0.2, 0.25) is 0 Å². The van der Waals surface area contributed by atoms with Gasteiger partial charge in [-0.3, -0.25) is 23.4 Å². The maximum Gasteiger partial charge on any atom is 0.325 e. The fraction of sp³-hybridized carbons (Fsp3) is 0.684. The van der Waals surface area contributed by atoms with Crippen molar-refractivity contribution in [3.63, 3.8) is 0 Å². The minimum Gasteiger partial charge on any atom is -0.465 e. The van der Waals surface area contributed by atoms with Crippen LogP contribution in [0.25, 0.3) is 0 Å². The van der Waals surface area contributed by atoms with Crippen molar-refractivity contribution >= 4 is 33.9 Å². The maximum atomic E-state index is 12.7. The molecule has 1 saturated heterocycles. The van der Waals surface area contributed by atoms with Gasteiger partial charge in [-0.15, -0.1) is 0 Å². The molecule has 0 aromatic heterocycles. The lowest BCUT2D eigenvalue weighted by Crippen LogP contribution is -2.51. The van der Waals surface area contributed by atoms with E-state index in [2.05, 4.69) is 11.9 Å². The van der Waals surface area contributed by atoms with Crippen LogP contribution in [0.3, 0.4) is 0 Å². The second kappa shape index (κ2) is 7.90. The zero-order chi connectivity index (χ0) is 23.2. The van der Waals surface area contributed by atoms with Crippen molar-refractivity contribution in [2.75, 3.05) is 19.8 Å². The van der Waals surface area contributed by atoms with Gasteiger partial charge in [-0.05, 0) is 19.8 Å². The van der Waals surface area contributed by atoms with Crippen LogP contribution in [0.1, 0.15) is 33.6 Å². The molecule has 0 radical (unpaired) electrons. The summed E-state index contributed by atoms with van der Waals surface area (Å²) in [7, 11) is -4.02. The van der Waals surface area contributed by atoms with E-state index in [1.54, 1.807) is 0 Å². The first-order chi connectivity index (χ1) is 14.3. The van der Waals surface area contributed by atoms with Gasteiger partial charge in [0.1, 0.15) is 32.0 Å². The van der Waals surface area contributed by atoms with Crippen molar-refractivity contribution in [2.24, 2.45) is 10.8 Å². The normalized spacial score (nSPS) is 34.1. The predicted octanol–water partition coefficient (Wildman–Crippen LogP) is -0.406. The lowest BCUT2D eigenvalue weighted by atomic mass is 9.77. The number of carbonyl (C=O) groups excluding carboxylic acids is 4. The number of ether oxygens (including phenoxy) is 3. The first-order valence-corrected chi connectivity index (χ1v) is 11.1. The average molecular weight is 459 g/mol. The molecule has 1 heterocycles. The Morgan fingerprint density at radius 1 is 1.10 bits per heavy atom. The summed E-state index contributed by atoms with van der Waals surface area (Å²) in [6, 6.07) is 0. The van der Waals surface area contributed by atoms with Gasteiger partial charge in [0.05, 0.1) is 10.7 Å². The second-order valence-electron chi connectivity index (χ2n) is 8.41. The zero-order valence-corrected chi connectivity index (χ0v) is 18.3. The molecule has 12 heteroatoms. The SMILES string of the molecule is C=C(C)C(=O)NCC(=O)OC1C2OS(=O)(=O)C3CC1(COC(C)=O)CC23COC(C)=O. The third-order valence-corrected chi connectivity index (χ3v) is 7.90. The van der Waals surface area contributed by atoms with E-state index >= 15 is 0 Å². The van der Waals surface area contributed by atoms with Gasteiger partial charge in [-0.1, -0.05) is 6.58 Å². The minimum atomic E-state index is -4.02.